The van der Waals surface area contributed by atoms with Gasteiger partial charge in [0.15, 0.2) is 6.30 Å². The summed E-state index contributed by atoms with van der Waals surface area (Å²) in [4.78, 5) is 0. The second-order valence-corrected chi connectivity index (χ2v) is 5.10. The van der Waals surface area contributed by atoms with Crippen molar-refractivity contribution in [3.63, 3.8) is 0 Å². The molecule has 0 aliphatic rings. The molecule has 0 radical (unpaired) electrons. The first kappa shape index (κ1) is 13.2. The van der Waals surface area contributed by atoms with Crippen molar-refractivity contribution in [1.82, 2.24) is 9.03 Å². The first-order chi connectivity index (χ1) is 5.89. The first-order valence-electron chi connectivity index (χ1n) is 4.66. The number of nitrogens with one attached hydrogen (secondary N) is 1. The van der Waals surface area contributed by atoms with Crippen LogP contribution in [0.15, 0.2) is 0 Å². The predicted octanol–water partition coefficient (Wildman–Crippen LogP) is 2.82. The Morgan fingerprint density at radius 2 is 2.08 bits per heavy atom. The molecule has 2 nitrogen and oxygen atoms in total. The second kappa shape index (κ2) is 5.83. The molecule has 0 aliphatic carbocycles. The lowest BCUT2D eigenvalue weighted by Crippen LogP contribution is -2.29. The fourth-order valence-corrected chi connectivity index (χ4v) is 1.33. The normalized spacial score (nSPS) is 15.0. The summed E-state index contributed by atoms with van der Waals surface area (Å²) in [7, 11) is 1.74. The van der Waals surface area contributed by atoms with Crippen molar-refractivity contribution < 1.29 is 4.39 Å². The monoisotopic (exact) mass is 208 g/mol. The summed E-state index contributed by atoms with van der Waals surface area (Å²) in [5, 5.41) is 0. The van der Waals surface area contributed by atoms with Gasteiger partial charge in [0.25, 0.3) is 0 Å². The maximum Gasteiger partial charge on any atom is 0.160 e. The lowest BCUT2D eigenvalue weighted by molar-refractivity contribution is 0.225. The molecule has 0 saturated heterocycles. The van der Waals surface area contributed by atoms with E-state index in [2.05, 4.69) is 25.5 Å². The zero-order valence-electron chi connectivity index (χ0n) is 9.22. The van der Waals surface area contributed by atoms with Crippen molar-refractivity contribution in [3.8, 4) is 0 Å². The van der Waals surface area contributed by atoms with Gasteiger partial charge in [-0.25, -0.2) is 8.70 Å². The highest BCUT2D eigenvalue weighted by Crippen LogP contribution is 2.19. The zero-order chi connectivity index (χ0) is 10.5. The molecule has 0 amide bonds. The van der Waals surface area contributed by atoms with E-state index in [9.17, 15) is 4.39 Å². The van der Waals surface area contributed by atoms with Gasteiger partial charge < -0.3 is 0 Å². The Morgan fingerprint density at radius 3 is 2.46 bits per heavy atom. The number of halogens is 1. The second-order valence-electron chi connectivity index (χ2n) is 4.05. The molecule has 0 rings (SSSR count). The third-order valence-corrected chi connectivity index (χ3v) is 3.07. The maximum atomic E-state index is 12.7. The fourth-order valence-electron chi connectivity index (χ4n) is 0.527. The molecular formula is C9H21FN2S. The summed E-state index contributed by atoms with van der Waals surface area (Å²) < 4.78 is 17.4. The lowest BCUT2D eigenvalue weighted by atomic mass is 9.91. The Balaban J connectivity index is 3.56. The van der Waals surface area contributed by atoms with Gasteiger partial charge in [0.1, 0.15) is 0 Å². The van der Waals surface area contributed by atoms with Gasteiger partial charge in [0.05, 0.1) is 0 Å². The molecule has 4 heteroatoms. The Labute approximate surface area is 85.5 Å². The highest BCUT2D eigenvalue weighted by molar-refractivity contribution is 7.95. The molecule has 1 unspecified atom stereocenters. The summed E-state index contributed by atoms with van der Waals surface area (Å²) in [6, 6.07) is 0. The smallest absolute Gasteiger partial charge is 0.160 e. The van der Waals surface area contributed by atoms with Crippen LogP contribution in [0.2, 0.25) is 0 Å². The average Bonchev–Trinajstić information content (AvgIpc) is 2.04. The largest absolute Gasteiger partial charge is 0.250 e. The van der Waals surface area contributed by atoms with Crippen LogP contribution >= 0.6 is 12.1 Å². The Kier molecular flexibility index (Phi) is 5.92. The molecule has 0 fully saturated rings. The Bertz CT molecular complexity index is 140. The quantitative estimate of drug-likeness (QED) is 0.534. The van der Waals surface area contributed by atoms with E-state index < -0.39 is 6.30 Å². The highest BCUT2D eigenvalue weighted by atomic mass is 32.2. The van der Waals surface area contributed by atoms with Crippen LogP contribution < -0.4 is 4.72 Å². The molecule has 0 aromatic carbocycles. The Morgan fingerprint density at radius 1 is 1.54 bits per heavy atom. The van der Waals surface area contributed by atoms with Gasteiger partial charge in [-0.2, -0.15) is 0 Å². The maximum absolute atomic E-state index is 12.7. The van der Waals surface area contributed by atoms with E-state index in [4.69, 9.17) is 0 Å². The van der Waals surface area contributed by atoms with Crippen LogP contribution in [-0.2, 0) is 0 Å². The van der Waals surface area contributed by atoms with Crippen molar-refractivity contribution in [2.45, 2.75) is 40.4 Å². The van der Waals surface area contributed by atoms with E-state index in [1.54, 1.807) is 11.4 Å². The standard InChI is InChI=1S/C9H21FN2S/c1-6-9(3,4)7-11-13-12(5)8(2)10/h8,11H,6-7H2,1-5H3. The van der Waals surface area contributed by atoms with E-state index in [-0.39, 0.29) is 5.41 Å². The zero-order valence-corrected chi connectivity index (χ0v) is 10.0. The van der Waals surface area contributed by atoms with Gasteiger partial charge in [-0.15, -0.1) is 0 Å². The number of rotatable bonds is 6. The minimum Gasteiger partial charge on any atom is -0.250 e. The minimum absolute atomic E-state index is 0.285. The van der Waals surface area contributed by atoms with Crippen LogP contribution in [0.5, 0.6) is 0 Å². The molecule has 0 aromatic heterocycles. The minimum atomic E-state index is -0.915. The molecule has 13 heavy (non-hydrogen) atoms. The number of nitrogens with zero attached hydrogens (tertiary/aromatic N) is 1. The predicted molar refractivity (Wildman–Crippen MR) is 58.0 cm³/mol. The average molecular weight is 208 g/mol. The molecule has 80 valence electrons. The van der Waals surface area contributed by atoms with E-state index in [1.807, 2.05) is 0 Å². The topological polar surface area (TPSA) is 15.3 Å². The van der Waals surface area contributed by atoms with Gasteiger partial charge in [-0.1, -0.05) is 20.8 Å². The molecule has 0 spiro atoms. The molecule has 0 heterocycles. The molecule has 0 aliphatic heterocycles. The fraction of sp³-hybridized carbons (Fsp3) is 1.00. The molecule has 0 bridgehead atoms. The van der Waals surface area contributed by atoms with Crippen LogP contribution in [0.4, 0.5) is 4.39 Å². The molecule has 1 atom stereocenters. The van der Waals surface area contributed by atoms with Gasteiger partial charge in [-0.05, 0) is 18.8 Å². The van der Waals surface area contributed by atoms with Gasteiger partial charge >= 0.3 is 0 Å². The van der Waals surface area contributed by atoms with Crippen molar-refractivity contribution in [2.24, 2.45) is 5.41 Å². The van der Waals surface area contributed by atoms with Gasteiger partial charge in [0.2, 0.25) is 0 Å². The van der Waals surface area contributed by atoms with E-state index in [1.165, 1.54) is 19.1 Å². The van der Waals surface area contributed by atoms with Crippen molar-refractivity contribution in [1.29, 1.82) is 0 Å². The van der Waals surface area contributed by atoms with Crippen LogP contribution in [0.1, 0.15) is 34.1 Å². The Hall–Kier alpha value is 0.200. The molecule has 0 saturated carbocycles. The SMILES string of the molecule is CCC(C)(C)CNSN(C)C(C)F. The first-order valence-corrected chi connectivity index (χ1v) is 5.43. The van der Waals surface area contributed by atoms with Crippen LogP contribution in [0.3, 0.4) is 0 Å². The number of hydrogen-bond donors (Lipinski definition) is 1. The van der Waals surface area contributed by atoms with Crippen molar-refractivity contribution >= 4 is 12.1 Å². The van der Waals surface area contributed by atoms with Crippen molar-refractivity contribution in [2.75, 3.05) is 13.6 Å². The molecular weight excluding hydrogens is 187 g/mol. The van der Waals surface area contributed by atoms with E-state index in [0.717, 1.165) is 13.0 Å². The molecule has 1 N–H and O–H groups in total. The number of alkyl halides is 1. The lowest BCUT2D eigenvalue weighted by Gasteiger charge is -2.24. The summed E-state index contributed by atoms with van der Waals surface area (Å²) in [5.41, 5.74) is 0.285. The van der Waals surface area contributed by atoms with Gasteiger partial charge in [-0.3, -0.25) is 4.72 Å². The summed E-state index contributed by atoms with van der Waals surface area (Å²) in [6.45, 7) is 8.97. The number of hydrogen-bond acceptors (Lipinski definition) is 3. The van der Waals surface area contributed by atoms with Crippen LogP contribution in [-0.4, -0.2) is 24.2 Å². The third kappa shape index (κ3) is 6.29. The van der Waals surface area contributed by atoms with Gasteiger partial charge in [0, 0.05) is 25.7 Å². The summed E-state index contributed by atoms with van der Waals surface area (Å²) in [5.74, 6) is 0. The van der Waals surface area contributed by atoms with E-state index >= 15 is 0 Å². The van der Waals surface area contributed by atoms with Crippen LogP contribution in [0, 0.1) is 5.41 Å². The molecule has 0 aromatic rings. The van der Waals surface area contributed by atoms with E-state index in [0.29, 0.717) is 0 Å². The van der Waals surface area contributed by atoms with Crippen molar-refractivity contribution in [3.05, 3.63) is 0 Å². The van der Waals surface area contributed by atoms with Crippen LogP contribution in [0.25, 0.3) is 0 Å². The third-order valence-electron chi connectivity index (χ3n) is 2.22. The summed E-state index contributed by atoms with van der Waals surface area (Å²) in [6.07, 6.45) is 0.206. The summed E-state index contributed by atoms with van der Waals surface area (Å²) >= 11 is 1.34. The highest BCUT2D eigenvalue weighted by Gasteiger charge is 2.15.